The van der Waals surface area contributed by atoms with Crippen LogP contribution in [-0.2, 0) is 10.2 Å². The van der Waals surface area contributed by atoms with Crippen molar-refractivity contribution in [1.29, 1.82) is 0 Å². The number of hydrogen-bond acceptors (Lipinski definition) is 3. The molecule has 106 valence electrons. The van der Waals surface area contributed by atoms with E-state index in [1.807, 2.05) is 0 Å². The first-order valence-corrected chi connectivity index (χ1v) is 8.43. The van der Waals surface area contributed by atoms with Gasteiger partial charge < -0.3 is 5.11 Å². The van der Waals surface area contributed by atoms with Crippen molar-refractivity contribution in [1.82, 2.24) is 9.03 Å². The van der Waals surface area contributed by atoms with E-state index in [4.69, 9.17) is 0 Å². The van der Waals surface area contributed by atoms with Gasteiger partial charge in [0.25, 0.3) is 10.2 Å². The topological polar surface area (TPSA) is 69.6 Å². The van der Waals surface area contributed by atoms with Gasteiger partial charge in [0.1, 0.15) is 0 Å². The van der Waals surface area contributed by atoms with Crippen LogP contribution in [0.1, 0.15) is 38.5 Å². The van der Waals surface area contributed by atoms with Crippen molar-refractivity contribution in [2.45, 2.75) is 38.5 Å². The molecule has 1 heterocycles. The molecule has 2 aliphatic rings. The summed E-state index contributed by atoms with van der Waals surface area (Å²) in [5.41, 5.74) is 0. The highest BCUT2D eigenvalue weighted by molar-refractivity contribution is 7.87. The molecule has 1 aliphatic carbocycles. The van der Waals surface area contributed by atoms with Gasteiger partial charge in [-0.05, 0) is 37.5 Å². The van der Waals surface area contributed by atoms with Crippen molar-refractivity contribution in [2.75, 3.05) is 26.2 Å². The van der Waals surface area contributed by atoms with E-state index in [1.165, 1.54) is 0 Å². The second-order valence-electron chi connectivity index (χ2n) is 5.45. The SMILES string of the molecule is O=S(=O)(NCC1CCCC1CO)N1CCCCC1. The Labute approximate surface area is 110 Å². The van der Waals surface area contributed by atoms with Gasteiger partial charge in [0.05, 0.1) is 0 Å². The van der Waals surface area contributed by atoms with Gasteiger partial charge in [0.2, 0.25) is 0 Å². The lowest BCUT2D eigenvalue weighted by molar-refractivity contribution is 0.194. The predicted octanol–water partition coefficient (Wildman–Crippen LogP) is 0.715. The van der Waals surface area contributed by atoms with Crippen LogP contribution in [0.2, 0.25) is 0 Å². The lowest BCUT2D eigenvalue weighted by Crippen LogP contribution is -2.45. The van der Waals surface area contributed by atoms with Crippen molar-refractivity contribution < 1.29 is 13.5 Å². The Morgan fingerprint density at radius 3 is 2.39 bits per heavy atom. The number of nitrogens with one attached hydrogen (secondary N) is 1. The molecule has 2 fully saturated rings. The van der Waals surface area contributed by atoms with Gasteiger partial charge in [0, 0.05) is 26.2 Å². The molecule has 0 radical (unpaired) electrons. The number of piperidine rings is 1. The van der Waals surface area contributed by atoms with E-state index in [9.17, 15) is 13.5 Å². The van der Waals surface area contributed by atoms with Gasteiger partial charge in [-0.15, -0.1) is 0 Å². The minimum absolute atomic E-state index is 0.177. The Kier molecular flexibility index (Phi) is 5.00. The lowest BCUT2D eigenvalue weighted by Gasteiger charge is -2.27. The molecule has 0 bridgehead atoms. The first kappa shape index (κ1) is 14.2. The quantitative estimate of drug-likeness (QED) is 0.777. The fraction of sp³-hybridized carbons (Fsp3) is 1.00. The third-order valence-corrected chi connectivity index (χ3v) is 5.81. The molecule has 0 aromatic rings. The fourth-order valence-electron chi connectivity index (χ4n) is 3.03. The molecule has 0 aromatic heterocycles. The Balaban J connectivity index is 1.84. The molecule has 2 rings (SSSR count). The molecule has 0 spiro atoms. The first-order chi connectivity index (χ1) is 8.63. The number of aliphatic hydroxyl groups is 1. The maximum atomic E-state index is 12.1. The third-order valence-electron chi connectivity index (χ3n) is 4.23. The van der Waals surface area contributed by atoms with Crippen molar-refractivity contribution in [3.05, 3.63) is 0 Å². The molecule has 1 aliphatic heterocycles. The van der Waals surface area contributed by atoms with Gasteiger partial charge in [-0.1, -0.05) is 12.8 Å². The molecule has 2 atom stereocenters. The Bertz CT molecular complexity index is 352. The minimum atomic E-state index is -3.30. The maximum absolute atomic E-state index is 12.1. The van der Waals surface area contributed by atoms with Crippen LogP contribution in [0.15, 0.2) is 0 Å². The molecular formula is C12H24N2O3S. The van der Waals surface area contributed by atoms with Crippen LogP contribution in [0.5, 0.6) is 0 Å². The largest absolute Gasteiger partial charge is 0.396 e. The standard InChI is InChI=1S/C12H24N2O3S/c15-10-12-6-4-5-11(12)9-13-18(16,17)14-7-2-1-3-8-14/h11-13,15H,1-10H2. The van der Waals surface area contributed by atoms with Crippen molar-refractivity contribution in [3.8, 4) is 0 Å². The highest BCUT2D eigenvalue weighted by Gasteiger charge is 2.29. The number of nitrogens with zero attached hydrogens (tertiary/aromatic N) is 1. The Morgan fingerprint density at radius 2 is 1.72 bits per heavy atom. The molecule has 1 saturated heterocycles. The van der Waals surface area contributed by atoms with Crippen molar-refractivity contribution in [3.63, 3.8) is 0 Å². The zero-order valence-electron chi connectivity index (χ0n) is 10.8. The predicted molar refractivity (Wildman–Crippen MR) is 70.3 cm³/mol. The van der Waals surface area contributed by atoms with Crippen LogP contribution in [-0.4, -0.2) is 44.1 Å². The van der Waals surface area contributed by atoms with Gasteiger partial charge in [0.15, 0.2) is 0 Å². The van der Waals surface area contributed by atoms with Crippen LogP contribution in [0.3, 0.4) is 0 Å². The van der Waals surface area contributed by atoms with E-state index < -0.39 is 10.2 Å². The molecule has 1 saturated carbocycles. The van der Waals surface area contributed by atoms with E-state index in [0.29, 0.717) is 25.6 Å². The first-order valence-electron chi connectivity index (χ1n) is 6.99. The number of rotatable bonds is 5. The molecule has 2 unspecified atom stereocenters. The smallest absolute Gasteiger partial charge is 0.279 e. The molecule has 5 nitrogen and oxygen atoms in total. The molecule has 2 N–H and O–H groups in total. The Hall–Kier alpha value is -0.170. The maximum Gasteiger partial charge on any atom is 0.279 e. The summed E-state index contributed by atoms with van der Waals surface area (Å²) in [6.45, 7) is 1.94. The monoisotopic (exact) mass is 276 g/mol. The highest BCUT2D eigenvalue weighted by atomic mass is 32.2. The summed E-state index contributed by atoms with van der Waals surface area (Å²) in [6, 6.07) is 0. The summed E-state index contributed by atoms with van der Waals surface area (Å²) in [5.74, 6) is 0.573. The van der Waals surface area contributed by atoms with Crippen molar-refractivity contribution in [2.24, 2.45) is 11.8 Å². The molecule has 18 heavy (non-hydrogen) atoms. The summed E-state index contributed by atoms with van der Waals surface area (Å²) in [5, 5.41) is 9.23. The van der Waals surface area contributed by atoms with Crippen LogP contribution in [0.25, 0.3) is 0 Å². The lowest BCUT2D eigenvalue weighted by atomic mass is 9.97. The zero-order chi connectivity index (χ0) is 13.0. The number of hydrogen-bond donors (Lipinski definition) is 2. The summed E-state index contributed by atoms with van der Waals surface area (Å²) in [4.78, 5) is 0. The summed E-state index contributed by atoms with van der Waals surface area (Å²) in [7, 11) is -3.30. The van der Waals surface area contributed by atoms with Gasteiger partial charge in [-0.25, -0.2) is 4.72 Å². The van der Waals surface area contributed by atoms with E-state index in [1.54, 1.807) is 4.31 Å². The number of aliphatic hydroxyl groups excluding tert-OH is 1. The van der Waals surface area contributed by atoms with Crippen molar-refractivity contribution >= 4 is 10.2 Å². The second-order valence-corrected chi connectivity index (χ2v) is 7.20. The van der Waals surface area contributed by atoms with Crippen LogP contribution < -0.4 is 4.72 Å². The normalized spacial score (nSPS) is 30.7. The second kappa shape index (κ2) is 6.32. The molecule has 0 amide bonds. The van der Waals surface area contributed by atoms with E-state index >= 15 is 0 Å². The van der Waals surface area contributed by atoms with E-state index in [2.05, 4.69) is 4.72 Å². The van der Waals surface area contributed by atoms with E-state index in [0.717, 1.165) is 38.5 Å². The van der Waals surface area contributed by atoms with Crippen LogP contribution >= 0.6 is 0 Å². The Morgan fingerprint density at radius 1 is 1.06 bits per heavy atom. The molecule has 6 heteroatoms. The van der Waals surface area contributed by atoms with Crippen LogP contribution in [0, 0.1) is 11.8 Å². The average molecular weight is 276 g/mol. The summed E-state index contributed by atoms with van der Waals surface area (Å²) in [6.07, 6.45) is 6.19. The zero-order valence-corrected chi connectivity index (χ0v) is 11.7. The minimum Gasteiger partial charge on any atom is -0.396 e. The molecular weight excluding hydrogens is 252 g/mol. The fourth-order valence-corrected chi connectivity index (χ4v) is 4.38. The third kappa shape index (κ3) is 3.44. The summed E-state index contributed by atoms with van der Waals surface area (Å²) >= 11 is 0. The van der Waals surface area contributed by atoms with Crippen LogP contribution in [0.4, 0.5) is 0 Å². The van der Waals surface area contributed by atoms with E-state index in [-0.39, 0.29) is 12.5 Å². The average Bonchev–Trinajstić information content (AvgIpc) is 2.85. The highest BCUT2D eigenvalue weighted by Crippen LogP contribution is 2.30. The van der Waals surface area contributed by atoms with Gasteiger partial charge >= 0.3 is 0 Å². The molecule has 0 aromatic carbocycles. The van der Waals surface area contributed by atoms with Gasteiger partial charge in [-0.2, -0.15) is 12.7 Å². The van der Waals surface area contributed by atoms with Gasteiger partial charge in [-0.3, -0.25) is 0 Å². The summed E-state index contributed by atoms with van der Waals surface area (Å²) < 4.78 is 28.5.